The van der Waals surface area contributed by atoms with Crippen molar-refractivity contribution in [2.45, 2.75) is 27.2 Å². The van der Waals surface area contributed by atoms with E-state index in [1.165, 1.54) is 36.4 Å². The molecule has 0 saturated carbocycles. The molecule has 0 atom stereocenters. The van der Waals surface area contributed by atoms with Crippen LogP contribution in [0, 0.1) is 18.3 Å². The SMILES string of the molecule is Cc1ccc(SC(F)(F)C(F)(F)Sc2ccc(C#N)cc2)cc1. The molecule has 0 fully saturated rings. The molecule has 120 valence electrons. The van der Waals surface area contributed by atoms with E-state index in [1.807, 2.05) is 6.07 Å². The van der Waals surface area contributed by atoms with E-state index in [0.717, 1.165) is 5.56 Å². The summed E-state index contributed by atoms with van der Waals surface area (Å²) < 4.78 is 55.8. The van der Waals surface area contributed by atoms with Gasteiger partial charge < -0.3 is 0 Å². The lowest BCUT2D eigenvalue weighted by molar-refractivity contribution is -0.0834. The van der Waals surface area contributed by atoms with Gasteiger partial charge in [0.2, 0.25) is 0 Å². The Bertz CT molecular complexity index is 706. The quantitative estimate of drug-likeness (QED) is 0.489. The molecule has 0 saturated heterocycles. The minimum Gasteiger partial charge on any atom is -0.192 e. The number of aryl methyl sites for hydroxylation is 1. The molecule has 0 aliphatic carbocycles. The predicted molar refractivity (Wildman–Crippen MR) is 83.9 cm³/mol. The first kappa shape index (κ1) is 17.7. The van der Waals surface area contributed by atoms with Crippen LogP contribution in [0.25, 0.3) is 0 Å². The number of benzene rings is 2. The van der Waals surface area contributed by atoms with Crippen molar-refractivity contribution >= 4 is 23.5 Å². The van der Waals surface area contributed by atoms with E-state index in [0.29, 0.717) is 0 Å². The van der Waals surface area contributed by atoms with E-state index >= 15 is 0 Å². The number of hydrogen-bond acceptors (Lipinski definition) is 3. The zero-order valence-electron chi connectivity index (χ0n) is 11.9. The van der Waals surface area contributed by atoms with Gasteiger partial charge in [0, 0.05) is 9.79 Å². The van der Waals surface area contributed by atoms with Gasteiger partial charge in [0.05, 0.1) is 11.6 Å². The monoisotopic (exact) mass is 357 g/mol. The third-order valence-electron chi connectivity index (χ3n) is 2.84. The van der Waals surface area contributed by atoms with Crippen molar-refractivity contribution in [3.05, 3.63) is 59.7 Å². The summed E-state index contributed by atoms with van der Waals surface area (Å²) in [5, 5.41) is 0.0737. The molecule has 0 aromatic heterocycles. The van der Waals surface area contributed by atoms with Gasteiger partial charge in [-0.3, -0.25) is 0 Å². The highest BCUT2D eigenvalue weighted by atomic mass is 32.2. The Balaban J connectivity index is 2.14. The molecule has 0 aliphatic heterocycles. The van der Waals surface area contributed by atoms with Crippen LogP contribution in [0.2, 0.25) is 0 Å². The fourth-order valence-electron chi connectivity index (χ4n) is 1.62. The highest BCUT2D eigenvalue weighted by molar-refractivity contribution is 8.04. The fraction of sp³-hybridized carbons (Fsp3) is 0.188. The van der Waals surface area contributed by atoms with Crippen LogP contribution in [0.3, 0.4) is 0 Å². The fourth-order valence-corrected chi connectivity index (χ4v) is 3.24. The van der Waals surface area contributed by atoms with Crippen molar-refractivity contribution in [2.75, 3.05) is 0 Å². The first-order valence-electron chi connectivity index (χ1n) is 6.44. The van der Waals surface area contributed by atoms with Gasteiger partial charge >= 0.3 is 10.5 Å². The summed E-state index contributed by atoms with van der Waals surface area (Å²) in [6.45, 7) is 1.78. The molecule has 0 radical (unpaired) electrons. The van der Waals surface area contributed by atoms with Gasteiger partial charge in [0.1, 0.15) is 0 Å². The highest BCUT2D eigenvalue weighted by Gasteiger charge is 2.58. The van der Waals surface area contributed by atoms with E-state index in [9.17, 15) is 17.6 Å². The Morgan fingerprint density at radius 2 is 1.17 bits per heavy atom. The summed E-state index contributed by atoms with van der Waals surface area (Å²) in [6, 6.07) is 12.9. The minimum atomic E-state index is -4.29. The molecule has 2 aromatic rings. The van der Waals surface area contributed by atoms with Crippen molar-refractivity contribution in [1.29, 1.82) is 5.26 Å². The van der Waals surface area contributed by atoms with Crippen LogP contribution in [-0.2, 0) is 0 Å². The Morgan fingerprint density at radius 3 is 1.57 bits per heavy atom. The van der Waals surface area contributed by atoms with E-state index in [2.05, 4.69) is 0 Å². The Labute approximate surface area is 139 Å². The van der Waals surface area contributed by atoms with E-state index in [-0.39, 0.29) is 38.9 Å². The number of nitriles is 1. The molecule has 0 amide bonds. The summed E-state index contributed by atoms with van der Waals surface area (Å²) in [5.41, 5.74) is 1.13. The number of nitrogens with zero attached hydrogens (tertiary/aromatic N) is 1. The van der Waals surface area contributed by atoms with Crippen molar-refractivity contribution in [1.82, 2.24) is 0 Å². The average molecular weight is 357 g/mol. The highest BCUT2D eigenvalue weighted by Crippen LogP contribution is 2.54. The third kappa shape index (κ3) is 4.43. The molecular formula is C16H11F4NS2. The number of halogens is 4. The first-order chi connectivity index (χ1) is 10.7. The smallest absolute Gasteiger partial charge is 0.192 e. The van der Waals surface area contributed by atoms with Gasteiger partial charge in [-0.15, -0.1) is 0 Å². The second kappa shape index (κ2) is 6.85. The van der Waals surface area contributed by atoms with Gasteiger partial charge in [-0.2, -0.15) is 22.8 Å². The van der Waals surface area contributed by atoms with Crippen molar-refractivity contribution < 1.29 is 17.6 Å². The molecular weight excluding hydrogens is 346 g/mol. The van der Waals surface area contributed by atoms with Crippen LogP contribution in [0.4, 0.5) is 17.6 Å². The largest absolute Gasteiger partial charge is 0.370 e. The van der Waals surface area contributed by atoms with Crippen molar-refractivity contribution in [3.63, 3.8) is 0 Å². The van der Waals surface area contributed by atoms with Gasteiger partial charge in [-0.25, -0.2) is 0 Å². The van der Waals surface area contributed by atoms with E-state index < -0.39 is 10.5 Å². The topological polar surface area (TPSA) is 23.8 Å². The summed E-state index contributed by atoms with van der Waals surface area (Å²) in [5.74, 6) is 0. The zero-order valence-corrected chi connectivity index (χ0v) is 13.5. The maximum atomic E-state index is 14.0. The molecule has 23 heavy (non-hydrogen) atoms. The maximum Gasteiger partial charge on any atom is 0.370 e. The number of hydrogen-bond donors (Lipinski definition) is 0. The number of rotatable bonds is 5. The second-order valence-electron chi connectivity index (χ2n) is 4.69. The van der Waals surface area contributed by atoms with Gasteiger partial charge in [-0.1, -0.05) is 17.7 Å². The van der Waals surface area contributed by atoms with Crippen LogP contribution in [-0.4, -0.2) is 10.5 Å². The second-order valence-corrected chi connectivity index (χ2v) is 7.06. The molecule has 2 rings (SSSR count). The molecule has 7 heteroatoms. The summed E-state index contributed by atoms with van der Waals surface area (Å²) in [7, 11) is 0. The van der Waals surface area contributed by atoms with Gasteiger partial charge in [0.25, 0.3) is 0 Å². The molecule has 0 heterocycles. The van der Waals surface area contributed by atoms with Gasteiger partial charge in [-0.05, 0) is 66.8 Å². The maximum absolute atomic E-state index is 14.0. The molecule has 0 spiro atoms. The van der Waals surface area contributed by atoms with Crippen molar-refractivity contribution in [2.24, 2.45) is 0 Å². The van der Waals surface area contributed by atoms with Crippen LogP contribution in [0.1, 0.15) is 11.1 Å². The Morgan fingerprint density at radius 1 is 0.783 bits per heavy atom. The lowest BCUT2D eigenvalue weighted by Crippen LogP contribution is -2.34. The lowest BCUT2D eigenvalue weighted by Gasteiger charge is -2.25. The molecule has 0 aliphatic rings. The van der Waals surface area contributed by atoms with Gasteiger partial charge in [0.15, 0.2) is 0 Å². The number of alkyl halides is 4. The summed E-state index contributed by atoms with van der Waals surface area (Å²) in [6.07, 6.45) is 0. The van der Waals surface area contributed by atoms with Crippen LogP contribution in [0.5, 0.6) is 0 Å². The van der Waals surface area contributed by atoms with E-state index in [4.69, 9.17) is 5.26 Å². The normalized spacial score (nSPS) is 12.0. The third-order valence-corrected chi connectivity index (χ3v) is 5.01. The standard InChI is InChI=1S/C16H11F4NS2/c1-11-2-6-13(7-3-11)22-15(17,18)16(19,20)23-14-8-4-12(10-21)5-9-14/h2-9H,1H3. The van der Waals surface area contributed by atoms with Crippen LogP contribution in [0.15, 0.2) is 58.3 Å². The predicted octanol–water partition coefficient (Wildman–Crippen LogP) is 5.94. The summed E-state index contributed by atoms with van der Waals surface area (Å²) in [4.78, 5) is 0.0406. The molecule has 0 unspecified atom stereocenters. The molecule has 1 nitrogen and oxygen atoms in total. The Hall–Kier alpha value is -1.65. The van der Waals surface area contributed by atoms with E-state index in [1.54, 1.807) is 19.1 Å². The van der Waals surface area contributed by atoms with Crippen molar-refractivity contribution in [3.8, 4) is 6.07 Å². The lowest BCUT2D eigenvalue weighted by atomic mass is 10.2. The zero-order chi connectivity index (χ0) is 17.1. The average Bonchev–Trinajstić information content (AvgIpc) is 2.49. The minimum absolute atomic E-state index is 0.0295. The summed E-state index contributed by atoms with van der Waals surface area (Å²) >= 11 is -0.387. The number of thioether (sulfide) groups is 2. The molecule has 2 aromatic carbocycles. The first-order valence-corrected chi connectivity index (χ1v) is 8.07. The Kier molecular flexibility index (Phi) is 5.27. The van der Waals surface area contributed by atoms with Crippen LogP contribution >= 0.6 is 23.5 Å². The molecule has 0 bridgehead atoms. The van der Waals surface area contributed by atoms with Crippen LogP contribution < -0.4 is 0 Å². The molecule has 0 N–H and O–H groups in total.